The first kappa shape index (κ1) is 27.9. The van der Waals surface area contributed by atoms with Gasteiger partial charge in [0.1, 0.15) is 6.04 Å². The highest BCUT2D eigenvalue weighted by molar-refractivity contribution is 6.30. The van der Waals surface area contributed by atoms with Crippen molar-refractivity contribution < 1.29 is 19.8 Å². The van der Waals surface area contributed by atoms with Crippen molar-refractivity contribution in [2.24, 2.45) is 23.0 Å². The first-order chi connectivity index (χ1) is 16.3. The molecule has 1 saturated carbocycles. The fraction of sp³-hybridized carbons (Fsp3) is 0.704. The number of nitrogens with zero attached hydrogens (tertiary/aromatic N) is 1. The standard InChI is InChI=1S/C27H42ClN3O4/c1-18(2)23(30-22(33)15-19-9-10-26(29,16-19)12-14-32)24(34)31-13-11-27(35,25(3,4)17-31)20-5-7-21(28)8-6-20/h5-8,18-19,23,32,35H,9-17,29H2,1-4H3,(H,30,33)/t19-,23+,26?,27-/m0/s1. The highest BCUT2D eigenvalue weighted by Gasteiger charge is 2.50. The summed E-state index contributed by atoms with van der Waals surface area (Å²) < 4.78 is 0. The van der Waals surface area contributed by atoms with Gasteiger partial charge in [0.05, 0.1) is 5.60 Å². The lowest BCUT2D eigenvalue weighted by Gasteiger charge is -2.51. The number of halogens is 1. The lowest BCUT2D eigenvalue weighted by Crippen LogP contribution is -2.60. The van der Waals surface area contributed by atoms with Crippen molar-refractivity contribution >= 4 is 23.4 Å². The molecule has 1 aliphatic heterocycles. The lowest BCUT2D eigenvalue weighted by atomic mass is 9.66. The Bertz CT molecular complexity index is 906. The summed E-state index contributed by atoms with van der Waals surface area (Å²) in [6.07, 6.45) is 3.65. The molecule has 1 aliphatic carbocycles. The van der Waals surface area contributed by atoms with Crippen LogP contribution in [-0.2, 0) is 15.2 Å². The molecule has 1 unspecified atom stereocenters. The van der Waals surface area contributed by atoms with Crippen molar-refractivity contribution in [3.05, 3.63) is 34.9 Å². The summed E-state index contributed by atoms with van der Waals surface area (Å²) >= 11 is 6.03. The fourth-order valence-corrected chi connectivity index (χ4v) is 6.00. The minimum Gasteiger partial charge on any atom is -0.396 e. The van der Waals surface area contributed by atoms with Crippen LogP contribution in [0.15, 0.2) is 24.3 Å². The molecule has 1 heterocycles. The van der Waals surface area contributed by atoms with E-state index in [1.165, 1.54) is 0 Å². The van der Waals surface area contributed by atoms with Crippen molar-refractivity contribution in [1.82, 2.24) is 10.2 Å². The van der Waals surface area contributed by atoms with Gasteiger partial charge in [-0.25, -0.2) is 0 Å². The van der Waals surface area contributed by atoms with Crippen LogP contribution in [0.3, 0.4) is 0 Å². The van der Waals surface area contributed by atoms with E-state index < -0.39 is 22.6 Å². The third-order valence-electron chi connectivity index (χ3n) is 8.16. The van der Waals surface area contributed by atoms with Gasteiger partial charge in [0.2, 0.25) is 11.8 Å². The second-order valence-electron chi connectivity index (χ2n) is 11.7. The quantitative estimate of drug-likeness (QED) is 0.431. The zero-order chi connectivity index (χ0) is 26.0. The van der Waals surface area contributed by atoms with Gasteiger partial charge in [-0.05, 0) is 61.6 Å². The van der Waals surface area contributed by atoms with Crippen LogP contribution >= 0.6 is 11.6 Å². The second-order valence-corrected chi connectivity index (χ2v) is 12.1. The molecule has 0 radical (unpaired) electrons. The van der Waals surface area contributed by atoms with Crippen LogP contribution in [-0.4, -0.2) is 58.2 Å². The van der Waals surface area contributed by atoms with Crippen molar-refractivity contribution in [2.45, 2.75) is 83.4 Å². The number of aliphatic hydroxyl groups is 2. The summed E-state index contributed by atoms with van der Waals surface area (Å²) in [6.45, 7) is 8.64. The molecule has 0 spiro atoms. The summed E-state index contributed by atoms with van der Waals surface area (Å²) in [4.78, 5) is 28.2. The number of carbonyl (C=O) groups excluding carboxylic acids is 2. The number of piperidine rings is 1. The lowest BCUT2D eigenvalue weighted by molar-refractivity contribution is -0.156. The van der Waals surface area contributed by atoms with E-state index in [4.69, 9.17) is 17.3 Å². The maximum Gasteiger partial charge on any atom is 0.245 e. The Morgan fingerprint density at radius 3 is 2.46 bits per heavy atom. The van der Waals surface area contributed by atoms with Crippen LogP contribution in [0.1, 0.15) is 71.8 Å². The van der Waals surface area contributed by atoms with Gasteiger partial charge in [0.25, 0.3) is 0 Å². The maximum absolute atomic E-state index is 13.5. The van der Waals surface area contributed by atoms with Gasteiger partial charge >= 0.3 is 0 Å². The Labute approximate surface area is 214 Å². The van der Waals surface area contributed by atoms with Crippen molar-refractivity contribution in [1.29, 1.82) is 0 Å². The molecule has 196 valence electrons. The molecule has 7 nitrogen and oxygen atoms in total. The molecule has 4 atom stereocenters. The number of amides is 2. The molecular formula is C27H42ClN3O4. The smallest absolute Gasteiger partial charge is 0.245 e. The molecule has 8 heteroatoms. The van der Waals surface area contributed by atoms with Crippen LogP contribution in [0.2, 0.25) is 5.02 Å². The molecule has 1 saturated heterocycles. The summed E-state index contributed by atoms with van der Waals surface area (Å²) in [5.74, 6) is -0.153. The third kappa shape index (κ3) is 6.19. The molecule has 2 fully saturated rings. The normalized spacial score (nSPS) is 29.3. The number of nitrogens with one attached hydrogen (secondary N) is 1. The van der Waals surface area contributed by atoms with Crippen molar-refractivity contribution in [2.75, 3.05) is 19.7 Å². The minimum atomic E-state index is -1.09. The third-order valence-corrected chi connectivity index (χ3v) is 8.41. The molecule has 2 aliphatic rings. The Morgan fingerprint density at radius 2 is 1.89 bits per heavy atom. The molecular weight excluding hydrogens is 466 g/mol. The van der Waals surface area contributed by atoms with E-state index in [0.717, 1.165) is 18.4 Å². The number of aliphatic hydroxyl groups excluding tert-OH is 1. The average Bonchev–Trinajstić information content (AvgIpc) is 3.13. The van der Waals surface area contributed by atoms with Crippen LogP contribution in [0.5, 0.6) is 0 Å². The van der Waals surface area contributed by atoms with Gasteiger partial charge in [0.15, 0.2) is 0 Å². The molecule has 3 rings (SSSR count). The fourth-order valence-electron chi connectivity index (χ4n) is 5.87. The molecule has 2 amide bonds. The number of hydrogen-bond acceptors (Lipinski definition) is 5. The Kier molecular flexibility index (Phi) is 8.57. The largest absolute Gasteiger partial charge is 0.396 e. The van der Waals surface area contributed by atoms with Crippen LogP contribution in [0, 0.1) is 17.3 Å². The number of nitrogens with two attached hydrogens (primary N) is 1. The van der Waals surface area contributed by atoms with E-state index in [-0.39, 0.29) is 30.3 Å². The predicted molar refractivity (Wildman–Crippen MR) is 138 cm³/mol. The zero-order valence-corrected chi connectivity index (χ0v) is 22.3. The summed E-state index contributed by atoms with van der Waals surface area (Å²) in [5.41, 5.74) is 5.06. The van der Waals surface area contributed by atoms with Gasteiger partial charge in [-0.1, -0.05) is 51.4 Å². The van der Waals surface area contributed by atoms with Gasteiger partial charge in [-0.15, -0.1) is 0 Å². The summed E-state index contributed by atoms with van der Waals surface area (Å²) in [7, 11) is 0. The minimum absolute atomic E-state index is 0.0542. The Hall–Kier alpha value is -1.67. The maximum atomic E-state index is 13.5. The van der Waals surface area contributed by atoms with E-state index in [2.05, 4.69) is 5.32 Å². The van der Waals surface area contributed by atoms with E-state index in [1.807, 2.05) is 39.8 Å². The molecule has 1 aromatic rings. The zero-order valence-electron chi connectivity index (χ0n) is 21.5. The molecule has 0 aromatic heterocycles. The monoisotopic (exact) mass is 507 g/mol. The second kappa shape index (κ2) is 10.8. The van der Waals surface area contributed by atoms with Crippen molar-refractivity contribution in [3.8, 4) is 0 Å². The van der Waals surface area contributed by atoms with Gasteiger partial charge < -0.3 is 26.2 Å². The van der Waals surface area contributed by atoms with Crippen LogP contribution in [0.25, 0.3) is 0 Å². The number of benzene rings is 1. The summed E-state index contributed by atoms with van der Waals surface area (Å²) in [6, 6.07) is 6.61. The number of likely N-dealkylation sites (tertiary alicyclic amines) is 1. The number of carbonyl (C=O) groups is 2. The first-order valence-electron chi connectivity index (χ1n) is 12.8. The number of rotatable bonds is 8. The molecule has 35 heavy (non-hydrogen) atoms. The van der Waals surface area contributed by atoms with Crippen LogP contribution < -0.4 is 11.1 Å². The molecule has 5 N–H and O–H groups in total. The average molecular weight is 508 g/mol. The van der Waals surface area contributed by atoms with Gasteiger partial charge in [-0.3, -0.25) is 9.59 Å². The summed E-state index contributed by atoms with van der Waals surface area (Å²) in [5, 5.41) is 24.5. The molecule has 0 bridgehead atoms. The van der Waals surface area contributed by atoms with E-state index >= 15 is 0 Å². The Morgan fingerprint density at radius 1 is 1.23 bits per heavy atom. The first-order valence-corrected chi connectivity index (χ1v) is 13.1. The van der Waals surface area contributed by atoms with E-state index in [1.54, 1.807) is 17.0 Å². The predicted octanol–water partition coefficient (Wildman–Crippen LogP) is 3.20. The van der Waals surface area contributed by atoms with Gasteiger partial charge in [0, 0.05) is 42.1 Å². The van der Waals surface area contributed by atoms with E-state index in [0.29, 0.717) is 43.8 Å². The Balaban J connectivity index is 1.64. The highest BCUT2D eigenvalue weighted by atomic mass is 35.5. The number of hydrogen-bond donors (Lipinski definition) is 4. The SMILES string of the molecule is CC(C)[C@@H](NC(=O)C[C@@H]1CCC(N)(CCO)C1)C(=O)N1CC[C@](O)(c2ccc(Cl)cc2)C(C)(C)C1. The van der Waals surface area contributed by atoms with Crippen molar-refractivity contribution in [3.63, 3.8) is 0 Å². The van der Waals surface area contributed by atoms with E-state index in [9.17, 15) is 19.8 Å². The van der Waals surface area contributed by atoms with Crippen LogP contribution in [0.4, 0.5) is 0 Å². The highest BCUT2D eigenvalue weighted by Crippen LogP contribution is 2.46. The van der Waals surface area contributed by atoms with Gasteiger partial charge in [-0.2, -0.15) is 0 Å². The topological polar surface area (TPSA) is 116 Å². The molecule has 1 aromatic carbocycles.